The number of anilines is 2. The lowest BCUT2D eigenvalue weighted by Gasteiger charge is -2.34. The zero-order valence-corrected chi connectivity index (χ0v) is 19.5. The van der Waals surface area contributed by atoms with Gasteiger partial charge in [-0.15, -0.1) is 0 Å². The van der Waals surface area contributed by atoms with Gasteiger partial charge in [0.25, 0.3) is 5.91 Å². The third-order valence-electron chi connectivity index (χ3n) is 6.77. The molecule has 3 nitrogen and oxygen atoms in total. The second kappa shape index (κ2) is 8.37. The number of nitrogens with one attached hydrogen (secondary N) is 1. The van der Waals surface area contributed by atoms with E-state index in [0.717, 1.165) is 54.0 Å². The number of carbonyl (C=O) groups excluding carboxylic acids is 1. The maximum absolute atomic E-state index is 13.7. The first-order chi connectivity index (χ1) is 14.8. The molecule has 3 heteroatoms. The van der Waals surface area contributed by atoms with Gasteiger partial charge in [-0.05, 0) is 72.4 Å². The van der Waals surface area contributed by atoms with Crippen molar-refractivity contribution in [2.45, 2.75) is 60.3 Å². The van der Waals surface area contributed by atoms with E-state index in [2.05, 4.69) is 94.5 Å². The van der Waals surface area contributed by atoms with Crippen LogP contribution in [0.1, 0.15) is 58.6 Å². The number of hydrogen-bond acceptors (Lipinski definition) is 2. The third kappa shape index (κ3) is 4.19. The molecule has 1 aliphatic carbocycles. The Labute approximate surface area is 186 Å². The highest BCUT2D eigenvalue weighted by Gasteiger charge is 2.41. The van der Waals surface area contributed by atoms with Crippen molar-refractivity contribution in [3.05, 3.63) is 82.7 Å². The average Bonchev–Trinajstić information content (AvgIpc) is 3.04. The van der Waals surface area contributed by atoms with Gasteiger partial charge < -0.3 is 5.32 Å². The van der Waals surface area contributed by atoms with E-state index in [0.29, 0.717) is 5.92 Å². The minimum atomic E-state index is 0.0413. The van der Waals surface area contributed by atoms with Gasteiger partial charge in [-0.25, -0.2) is 0 Å². The van der Waals surface area contributed by atoms with E-state index in [-0.39, 0.29) is 11.3 Å². The normalized spacial score (nSPS) is 18.9. The van der Waals surface area contributed by atoms with Crippen molar-refractivity contribution >= 4 is 17.3 Å². The minimum Gasteiger partial charge on any atom is -0.351 e. The predicted molar refractivity (Wildman–Crippen MR) is 130 cm³/mol. The SMILES string of the molecule is CCc1ccc(NC2=C3C[C@H](C(C)(C)C)CC=C3N(c3ccc(CC)cc3)C2=O)cc1. The van der Waals surface area contributed by atoms with E-state index in [9.17, 15) is 4.79 Å². The van der Waals surface area contributed by atoms with Gasteiger partial charge >= 0.3 is 0 Å². The standard InChI is InChI=1S/C28H34N2O/c1-6-19-8-13-22(14-9-19)29-26-24-18-21(28(3,4)5)12-17-25(24)30(27(26)31)23-15-10-20(7-2)11-16-23/h8-11,13-17,21,29H,6-7,12,18H2,1-5H3/t21-/m1/s1. The lowest BCUT2D eigenvalue weighted by Crippen LogP contribution is -2.29. The molecule has 31 heavy (non-hydrogen) atoms. The summed E-state index contributed by atoms with van der Waals surface area (Å²) in [6.45, 7) is 11.2. The second-order valence-electron chi connectivity index (χ2n) is 9.78. The van der Waals surface area contributed by atoms with E-state index in [1.807, 2.05) is 4.90 Å². The molecule has 0 saturated carbocycles. The van der Waals surface area contributed by atoms with Crippen LogP contribution >= 0.6 is 0 Å². The van der Waals surface area contributed by atoms with Gasteiger partial charge in [0.05, 0.1) is 5.70 Å². The number of aryl methyl sites for hydroxylation is 2. The molecular formula is C28H34N2O. The van der Waals surface area contributed by atoms with Crippen molar-refractivity contribution in [2.24, 2.45) is 11.3 Å². The van der Waals surface area contributed by atoms with Crippen molar-refractivity contribution in [1.29, 1.82) is 0 Å². The van der Waals surface area contributed by atoms with Crippen LogP contribution in [0, 0.1) is 11.3 Å². The quantitative estimate of drug-likeness (QED) is 0.579. The molecule has 162 valence electrons. The third-order valence-corrected chi connectivity index (χ3v) is 6.77. The van der Waals surface area contributed by atoms with E-state index in [4.69, 9.17) is 0 Å². The molecule has 2 aliphatic rings. The summed E-state index contributed by atoms with van der Waals surface area (Å²) in [6.07, 6.45) is 6.19. The highest BCUT2D eigenvalue weighted by Crippen LogP contribution is 2.46. The summed E-state index contributed by atoms with van der Waals surface area (Å²) >= 11 is 0. The number of fused-ring (bicyclic) bond motifs is 1. The molecule has 0 aromatic heterocycles. The van der Waals surface area contributed by atoms with Gasteiger partial charge in [-0.1, -0.05) is 65.0 Å². The van der Waals surface area contributed by atoms with Crippen LogP contribution < -0.4 is 10.2 Å². The van der Waals surface area contributed by atoms with Crippen LogP contribution in [0.3, 0.4) is 0 Å². The van der Waals surface area contributed by atoms with Gasteiger partial charge in [0.15, 0.2) is 0 Å². The molecule has 1 amide bonds. The Morgan fingerprint density at radius 1 is 0.935 bits per heavy atom. The molecule has 1 N–H and O–H groups in total. The number of nitrogens with zero attached hydrogens (tertiary/aromatic N) is 1. The van der Waals surface area contributed by atoms with Crippen LogP contribution in [-0.2, 0) is 17.6 Å². The van der Waals surface area contributed by atoms with Crippen molar-refractivity contribution in [3.63, 3.8) is 0 Å². The molecule has 0 saturated heterocycles. The largest absolute Gasteiger partial charge is 0.351 e. The average molecular weight is 415 g/mol. The number of amides is 1. The maximum Gasteiger partial charge on any atom is 0.279 e. The van der Waals surface area contributed by atoms with Crippen LogP contribution in [0.15, 0.2) is 71.6 Å². The van der Waals surface area contributed by atoms with Gasteiger partial charge in [0.2, 0.25) is 0 Å². The van der Waals surface area contributed by atoms with E-state index in [1.54, 1.807) is 0 Å². The van der Waals surface area contributed by atoms with Gasteiger partial charge in [0, 0.05) is 16.9 Å². The van der Waals surface area contributed by atoms with Crippen LogP contribution in [0.2, 0.25) is 0 Å². The van der Waals surface area contributed by atoms with Crippen LogP contribution in [-0.4, -0.2) is 5.91 Å². The summed E-state index contributed by atoms with van der Waals surface area (Å²) in [6, 6.07) is 16.8. The molecule has 0 radical (unpaired) electrons. The Balaban J connectivity index is 1.73. The Morgan fingerprint density at radius 2 is 1.52 bits per heavy atom. The van der Waals surface area contributed by atoms with E-state index in [1.165, 1.54) is 11.1 Å². The first kappa shape index (κ1) is 21.4. The molecule has 0 unspecified atom stereocenters. The first-order valence-electron chi connectivity index (χ1n) is 11.5. The summed E-state index contributed by atoms with van der Waals surface area (Å²) in [4.78, 5) is 15.6. The molecule has 1 atom stereocenters. The Bertz CT molecular complexity index is 1020. The first-order valence-corrected chi connectivity index (χ1v) is 11.5. The minimum absolute atomic E-state index is 0.0413. The molecule has 4 rings (SSSR count). The Hall–Kier alpha value is -2.81. The van der Waals surface area contributed by atoms with Crippen molar-refractivity contribution < 1.29 is 4.79 Å². The smallest absolute Gasteiger partial charge is 0.279 e. The molecular weight excluding hydrogens is 380 g/mol. The number of allylic oxidation sites excluding steroid dienone is 2. The van der Waals surface area contributed by atoms with E-state index < -0.39 is 0 Å². The summed E-state index contributed by atoms with van der Waals surface area (Å²) in [5.74, 6) is 0.556. The Morgan fingerprint density at radius 3 is 2.06 bits per heavy atom. The lowest BCUT2D eigenvalue weighted by molar-refractivity contribution is -0.114. The van der Waals surface area contributed by atoms with Crippen LogP contribution in [0.25, 0.3) is 0 Å². The van der Waals surface area contributed by atoms with Gasteiger partial charge in [0.1, 0.15) is 5.70 Å². The Kier molecular flexibility index (Phi) is 5.79. The summed E-state index contributed by atoms with van der Waals surface area (Å²) in [5.41, 5.74) is 7.61. The van der Waals surface area contributed by atoms with E-state index >= 15 is 0 Å². The highest BCUT2D eigenvalue weighted by atomic mass is 16.2. The lowest BCUT2D eigenvalue weighted by atomic mass is 9.72. The number of rotatable bonds is 5. The fraction of sp³-hybridized carbons (Fsp3) is 0.393. The van der Waals surface area contributed by atoms with Crippen molar-refractivity contribution in [1.82, 2.24) is 0 Å². The van der Waals surface area contributed by atoms with Crippen molar-refractivity contribution in [3.8, 4) is 0 Å². The van der Waals surface area contributed by atoms with Crippen LogP contribution in [0.4, 0.5) is 11.4 Å². The molecule has 0 spiro atoms. The molecule has 2 aromatic rings. The molecule has 0 bridgehead atoms. The summed E-state index contributed by atoms with van der Waals surface area (Å²) < 4.78 is 0. The zero-order chi connectivity index (χ0) is 22.2. The summed E-state index contributed by atoms with van der Waals surface area (Å²) in [7, 11) is 0. The number of hydrogen-bond donors (Lipinski definition) is 1. The number of benzene rings is 2. The fourth-order valence-corrected chi connectivity index (χ4v) is 4.51. The maximum atomic E-state index is 13.7. The fourth-order valence-electron chi connectivity index (χ4n) is 4.51. The van der Waals surface area contributed by atoms with Gasteiger partial charge in [-0.3, -0.25) is 9.69 Å². The topological polar surface area (TPSA) is 32.3 Å². The zero-order valence-electron chi connectivity index (χ0n) is 19.5. The molecule has 1 heterocycles. The van der Waals surface area contributed by atoms with Gasteiger partial charge in [-0.2, -0.15) is 0 Å². The molecule has 1 aliphatic heterocycles. The van der Waals surface area contributed by atoms with Crippen LogP contribution in [0.5, 0.6) is 0 Å². The monoisotopic (exact) mass is 414 g/mol. The number of carbonyl (C=O) groups is 1. The second-order valence-corrected chi connectivity index (χ2v) is 9.78. The molecule has 0 fully saturated rings. The predicted octanol–water partition coefficient (Wildman–Crippen LogP) is 6.86. The molecule has 2 aromatic carbocycles. The van der Waals surface area contributed by atoms with Crippen molar-refractivity contribution in [2.75, 3.05) is 10.2 Å². The summed E-state index contributed by atoms with van der Waals surface area (Å²) in [5, 5.41) is 3.48. The highest BCUT2D eigenvalue weighted by molar-refractivity contribution is 6.15.